The van der Waals surface area contributed by atoms with Gasteiger partial charge in [-0.2, -0.15) is 0 Å². The molecule has 0 heterocycles. The summed E-state index contributed by atoms with van der Waals surface area (Å²) in [6.45, 7) is 0. The molecule has 0 fully saturated rings. The molecule has 0 atom stereocenters. The number of nitrogen functional groups attached to an aromatic ring is 1. The molecule has 2 aromatic carbocycles. The van der Waals surface area contributed by atoms with Gasteiger partial charge >= 0.3 is 12.7 Å². The zero-order chi connectivity index (χ0) is 17.3. The molecular weight excluding hydrogens is 328 g/mol. The van der Waals surface area contributed by atoms with Crippen molar-refractivity contribution in [1.29, 1.82) is 0 Å². The molecule has 0 unspecified atom stereocenters. The third kappa shape index (κ3) is 4.97. The smallest absolute Gasteiger partial charge is 0.406 e. The lowest BCUT2D eigenvalue weighted by Gasteiger charge is -2.13. The van der Waals surface area contributed by atoms with Gasteiger partial charge in [0.1, 0.15) is 11.5 Å². The molecule has 2 aromatic rings. The van der Waals surface area contributed by atoms with E-state index in [0.29, 0.717) is 0 Å². The highest BCUT2D eigenvalue weighted by Crippen LogP contribution is 2.34. The molecule has 2 N–H and O–H groups in total. The topological polar surface area (TPSA) is 44.5 Å². The Hall–Kier alpha value is -2.58. The minimum Gasteiger partial charge on any atom is -0.406 e. The van der Waals surface area contributed by atoms with Gasteiger partial charge in [-0.05, 0) is 29.8 Å². The van der Waals surface area contributed by atoms with E-state index in [-0.39, 0.29) is 16.8 Å². The summed E-state index contributed by atoms with van der Waals surface area (Å²) < 4.78 is 80.4. The Morgan fingerprint density at radius 1 is 0.739 bits per heavy atom. The second-order valence-corrected chi connectivity index (χ2v) is 4.37. The van der Waals surface area contributed by atoms with Gasteiger partial charge in [-0.1, -0.05) is 12.1 Å². The minimum atomic E-state index is -4.87. The van der Waals surface area contributed by atoms with Crippen molar-refractivity contribution in [2.45, 2.75) is 12.7 Å². The summed E-state index contributed by atoms with van der Waals surface area (Å²) >= 11 is 0. The maximum absolute atomic E-state index is 12.2. The largest absolute Gasteiger partial charge is 0.573 e. The molecule has 0 aliphatic heterocycles. The number of nitrogens with two attached hydrogens (primary N) is 1. The van der Waals surface area contributed by atoms with Crippen LogP contribution in [0.15, 0.2) is 42.5 Å². The Kier molecular flexibility index (Phi) is 4.31. The van der Waals surface area contributed by atoms with Crippen LogP contribution in [0, 0.1) is 0 Å². The van der Waals surface area contributed by atoms with E-state index in [1.54, 1.807) is 0 Å². The fraction of sp³-hybridized carbons (Fsp3) is 0.143. The Labute approximate surface area is 126 Å². The highest BCUT2D eigenvalue weighted by molar-refractivity contribution is 5.78. The van der Waals surface area contributed by atoms with Crippen LogP contribution in [-0.4, -0.2) is 12.7 Å². The molecule has 0 amide bonds. The molecule has 0 aliphatic rings. The second kappa shape index (κ2) is 5.90. The lowest BCUT2D eigenvalue weighted by Crippen LogP contribution is -2.17. The van der Waals surface area contributed by atoms with E-state index in [1.807, 2.05) is 0 Å². The molecule has 124 valence electrons. The van der Waals surface area contributed by atoms with Crippen molar-refractivity contribution in [1.82, 2.24) is 0 Å². The van der Waals surface area contributed by atoms with Crippen molar-refractivity contribution in [2.24, 2.45) is 0 Å². The van der Waals surface area contributed by atoms with Crippen molar-refractivity contribution < 1.29 is 35.8 Å². The normalized spacial score (nSPS) is 12.1. The van der Waals surface area contributed by atoms with Crippen molar-refractivity contribution in [3.05, 3.63) is 42.5 Å². The number of alkyl halides is 6. The van der Waals surface area contributed by atoms with Crippen molar-refractivity contribution in [3.8, 4) is 22.6 Å². The molecule has 0 bridgehead atoms. The first-order valence-electron chi connectivity index (χ1n) is 6.05. The zero-order valence-electron chi connectivity index (χ0n) is 11.2. The summed E-state index contributed by atoms with van der Waals surface area (Å²) in [5.41, 5.74) is 6.05. The van der Waals surface area contributed by atoms with Gasteiger partial charge in [-0.25, -0.2) is 0 Å². The number of rotatable bonds is 3. The van der Waals surface area contributed by atoms with E-state index in [2.05, 4.69) is 9.47 Å². The van der Waals surface area contributed by atoms with E-state index in [0.717, 1.165) is 24.3 Å². The number of benzene rings is 2. The first-order valence-corrected chi connectivity index (χ1v) is 6.05. The van der Waals surface area contributed by atoms with Crippen molar-refractivity contribution in [2.75, 3.05) is 5.73 Å². The molecule has 23 heavy (non-hydrogen) atoms. The van der Waals surface area contributed by atoms with Crippen LogP contribution < -0.4 is 15.2 Å². The van der Waals surface area contributed by atoms with Crippen LogP contribution in [-0.2, 0) is 0 Å². The van der Waals surface area contributed by atoms with Crippen LogP contribution in [0.2, 0.25) is 0 Å². The summed E-state index contributed by atoms with van der Waals surface area (Å²) in [7, 11) is 0. The number of ether oxygens (including phenoxy) is 2. The van der Waals surface area contributed by atoms with Crippen LogP contribution >= 0.6 is 0 Å². The van der Waals surface area contributed by atoms with Gasteiger partial charge in [0, 0.05) is 17.3 Å². The zero-order valence-corrected chi connectivity index (χ0v) is 11.2. The van der Waals surface area contributed by atoms with Gasteiger partial charge < -0.3 is 15.2 Å². The van der Waals surface area contributed by atoms with Crippen LogP contribution in [0.1, 0.15) is 0 Å². The van der Waals surface area contributed by atoms with E-state index in [1.165, 1.54) is 18.2 Å². The van der Waals surface area contributed by atoms with E-state index < -0.39 is 24.2 Å². The average Bonchev–Trinajstić information content (AvgIpc) is 2.35. The van der Waals surface area contributed by atoms with E-state index >= 15 is 0 Å². The predicted octanol–water partition coefficient (Wildman–Crippen LogP) is 4.73. The fourth-order valence-electron chi connectivity index (χ4n) is 1.86. The lowest BCUT2D eigenvalue weighted by molar-refractivity contribution is -0.275. The van der Waals surface area contributed by atoms with Gasteiger partial charge in [0.05, 0.1) is 0 Å². The maximum atomic E-state index is 12.2. The Morgan fingerprint density at radius 3 is 1.83 bits per heavy atom. The van der Waals surface area contributed by atoms with Gasteiger partial charge in [0.25, 0.3) is 0 Å². The Balaban J connectivity index is 2.30. The van der Waals surface area contributed by atoms with Crippen LogP contribution in [0.4, 0.5) is 32.0 Å². The van der Waals surface area contributed by atoms with Crippen molar-refractivity contribution >= 4 is 5.69 Å². The summed E-state index contributed by atoms with van der Waals surface area (Å²) in [5.74, 6) is -0.994. The van der Waals surface area contributed by atoms with Gasteiger partial charge in [-0.3, -0.25) is 0 Å². The fourth-order valence-corrected chi connectivity index (χ4v) is 1.86. The monoisotopic (exact) mass is 337 g/mol. The quantitative estimate of drug-likeness (QED) is 0.650. The molecule has 2 rings (SSSR count). The number of hydrogen-bond donors (Lipinski definition) is 1. The summed E-state index contributed by atoms with van der Waals surface area (Å²) in [5, 5.41) is 0. The maximum Gasteiger partial charge on any atom is 0.573 e. The third-order valence-electron chi connectivity index (χ3n) is 2.64. The second-order valence-electron chi connectivity index (χ2n) is 4.37. The van der Waals surface area contributed by atoms with Crippen LogP contribution in [0.3, 0.4) is 0 Å². The van der Waals surface area contributed by atoms with Gasteiger partial charge in [0.2, 0.25) is 0 Å². The Bertz CT molecular complexity index is 696. The third-order valence-corrected chi connectivity index (χ3v) is 2.64. The predicted molar refractivity (Wildman–Crippen MR) is 69.7 cm³/mol. The SMILES string of the molecule is Nc1cc(OC(F)(F)F)ccc1-c1cccc(OC(F)(F)F)c1. The molecule has 3 nitrogen and oxygen atoms in total. The molecular formula is C14H9F6NO2. The summed E-state index contributed by atoms with van der Waals surface area (Å²) in [6.07, 6.45) is -9.72. The van der Waals surface area contributed by atoms with E-state index in [4.69, 9.17) is 5.73 Å². The molecule has 0 aromatic heterocycles. The van der Waals surface area contributed by atoms with Gasteiger partial charge in [-0.15, -0.1) is 26.3 Å². The van der Waals surface area contributed by atoms with Gasteiger partial charge in [0.15, 0.2) is 0 Å². The average molecular weight is 337 g/mol. The summed E-state index contributed by atoms with van der Waals surface area (Å²) in [6, 6.07) is 8.06. The Morgan fingerprint density at radius 2 is 1.30 bits per heavy atom. The highest BCUT2D eigenvalue weighted by atomic mass is 19.4. The molecule has 0 aliphatic carbocycles. The molecule has 0 spiro atoms. The standard InChI is InChI=1S/C14H9F6NO2/c15-13(16,17)22-9-3-1-2-8(6-9)11-5-4-10(7-12(11)21)23-14(18,19)20/h1-7H,21H2. The minimum absolute atomic E-state index is 0.0871. The summed E-state index contributed by atoms with van der Waals surface area (Å²) in [4.78, 5) is 0. The lowest BCUT2D eigenvalue weighted by atomic mass is 10.0. The van der Waals surface area contributed by atoms with E-state index in [9.17, 15) is 26.3 Å². The number of hydrogen-bond acceptors (Lipinski definition) is 3. The first-order chi connectivity index (χ1) is 10.5. The molecule has 0 radical (unpaired) electrons. The first kappa shape index (κ1) is 16.8. The molecule has 9 heteroatoms. The van der Waals surface area contributed by atoms with Crippen molar-refractivity contribution in [3.63, 3.8) is 0 Å². The number of halogens is 6. The number of anilines is 1. The molecule has 0 saturated carbocycles. The highest BCUT2D eigenvalue weighted by Gasteiger charge is 2.32. The van der Waals surface area contributed by atoms with Crippen LogP contribution in [0.25, 0.3) is 11.1 Å². The van der Waals surface area contributed by atoms with Crippen LogP contribution in [0.5, 0.6) is 11.5 Å². The molecule has 0 saturated heterocycles.